The summed E-state index contributed by atoms with van der Waals surface area (Å²) in [6, 6.07) is 5.08. The summed E-state index contributed by atoms with van der Waals surface area (Å²) in [5, 5.41) is -1.57. The first-order chi connectivity index (χ1) is 15.6. The van der Waals surface area contributed by atoms with Gasteiger partial charge in [-0.3, -0.25) is 14.6 Å². The van der Waals surface area contributed by atoms with Crippen LogP contribution in [0.5, 0.6) is 0 Å². The fraction of sp³-hybridized carbons (Fsp3) is 0.526. The number of rotatable bonds is 8. The Hall–Kier alpha value is -2.90. The van der Waals surface area contributed by atoms with Crippen molar-refractivity contribution < 1.29 is 55.0 Å². The first kappa shape index (κ1) is 31.1. The molecule has 8 nitrogen and oxygen atoms in total. The minimum atomic E-state index is -4.67. The third-order valence-electron chi connectivity index (χ3n) is 3.66. The highest BCUT2D eigenvalue weighted by Crippen LogP contribution is 2.16. The number of pyridine rings is 1. The maximum atomic E-state index is 12.1. The van der Waals surface area contributed by atoms with Crippen LogP contribution in [0.25, 0.3) is 0 Å². The van der Waals surface area contributed by atoms with Gasteiger partial charge >= 0.3 is 35.4 Å². The number of amides is 1. The highest BCUT2D eigenvalue weighted by molar-refractivity contribution is 6.80. The lowest BCUT2D eigenvalue weighted by atomic mass is 10.1. The first-order valence-electron chi connectivity index (χ1n) is 9.41. The fourth-order valence-electron chi connectivity index (χ4n) is 1.95. The van der Waals surface area contributed by atoms with Gasteiger partial charge in [-0.1, -0.05) is 26.3 Å². The van der Waals surface area contributed by atoms with Gasteiger partial charge in [0, 0.05) is 12.7 Å². The predicted molar refractivity (Wildman–Crippen MR) is 104 cm³/mol. The Labute approximate surface area is 195 Å². The van der Waals surface area contributed by atoms with Gasteiger partial charge in [0.15, 0.2) is 13.2 Å². The average Bonchev–Trinajstić information content (AvgIpc) is 2.74. The Morgan fingerprint density at radius 2 is 1.53 bits per heavy atom. The van der Waals surface area contributed by atoms with Gasteiger partial charge in [0.05, 0.1) is 12.2 Å². The van der Waals surface area contributed by atoms with Crippen molar-refractivity contribution >= 4 is 34.7 Å². The molecule has 15 heteroatoms. The molecule has 0 spiro atoms. The van der Waals surface area contributed by atoms with E-state index in [1.807, 2.05) is 13.8 Å². The first-order valence-corrected chi connectivity index (χ1v) is 9.79. The second-order valence-corrected chi connectivity index (χ2v) is 7.02. The Kier molecular flexibility index (Phi) is 13.2. The van der Waals surface area contributed by atoms with E-state index in [0.29, 0.717) is 5.69 Å². The van der Waals surface area contributed by atoms with Crippen LogP contribution in [0.3, 0.4) is 0 Å². The highest BCUT2D eigenvalue weighted by Gasteiger charge is 2.33. The van der Waals surface area contributed by atoms with Crippen LogP contribution in [0.15, 0.2) is 24.4 Å². The third-order valence-corrected chi connectivity index (χ3v) is 3.82. The summed E-state index contributed by atoms with van der Waals surface area (Å²) in [6.07, 6.45) is -7.02. The van der Waals surface area contributed by atoms with Gasteiger partial charge in [0.1, 0.15) is 0 Å². The molecule has 1 atom stereocenters. The zero-order valence-corrected chi connectivity index (χ0v) is 18.7. The molecule has 0 saturated heterocycles. The summed E-state index contributed by atoms with van der Waals surface area (Å²) in [4.78, 5) is 48.6. The Balaban J connectivity index is 0.000000833. The number of ether oxygens (including phenoxy) is 2. The summed E-state index contributed by atoms with van der Waals surface area (Å²) in [6.45, 7) is 0.469. The van der Waals surface area contributed by atoms with Crippen LogP contribution < -0.4 is 0 Å². The number of carbonyl (C=O) groups is 4. The average molecular weight is 523 g/mol. The maximum Gasteiger partial charge on any atom is 0.422 e. The standard InChI is InChI=1S/C15H19F3N2O3.C4H2ClF3O3/c1-3-11(2)8-20(9-12-6-4-5-7-19-12)13(21)14(22)23-10-15(16,17)18;5-2(9)3(10)11-1-4(6,7)8/h4-7,11H,3,8-10H2,1-2H3;1H2/t11-;/m0./s1. The van der Waals surface area contributed by atoms with Crippen molar-refractivity contribution in [1.29, 1.82) is 0 Å². The monoisotopic (exact) mass is 522 g/mol. The highest BCUT2D eigenvalue weighted by atomic mass is 35.5. The van der Waals surface area contributed by atoms with Gasteiger partial charge < -0.3 is 14.4 Å². The Morgan fingerprint density at radius 3 is 1.94 bits per heavy atom. The number of alkyl halides is 6. The van der Waals surface area contributed by atoms with E-state index >= 15 is 0 Å². The summed E-state index contributed by atoms with van der Waals surface area (Å²) >= 11 is 4.48. The van der Waals surface area contributed by atoms with Crippen LogP contribution in [0.2, 0.25) is 0 Å². The van der Waals surface area contributed by atoms with Crippen molar-refractivity contribution in [2.45, 2.75) is 39.2 Å². The van der Waals surface area contributed by atoms with Crippen molar-refractivity contribution in [3.63, 3.8) is 0 Å². The molecule has 0 aliphatic carbocycles. The van der Waals surface area contributed by atoms with Gasteiger partial charge in [0.25, 0.3) is 0 Å². The lowest BCUT2D eigenvalue weighted by molar-refractivity contribution is -0.189. The Bertz CT molecular complexity index is 820. The lowest BCUT2D eigenvalue weighted by Gasteiger charge is -2.24. The van der Waals surface area contributed by atoms with Crippen LogP contribution in [-0.4, -0.2) is 65.1 Å². The number of esters is 2. The number of hydrogen-bond donors (Lipinski definition) is 0. The molecule has 0 fully saturated rings. The van der Waals surface area contributed by atoms with E-state index in [1.54, 1.807) is 18.2 Å². The predicted octanol–water partition coefficient (Wildman–Crippen LogP) is 3.42. The zero-order chi connectivity index (χ0) is 26.5. The smallest absolute Gasteiger partial charge is 0.422 e. The zero-order valence-electron chi connectivity index (χ0n) is 17.9. The van der Waals surface area contributed by atoms with Crippen molar-refractivity contribution in [2.75, 3.05) is 19.8 Å². The topological polar surface area (TPSA) is 103 Å². The number of hydrogen-bond acceptors (Lipinski definition) is 7. The van der Waals surface area contributed by atoms with E-state index in [-0.39, 0.29) is 19.0 Å². The van der Waals surface area contributed by atoms with Gasteiger partial charge in [-0.2, -0.15) is 26.3 Å². The van der Waals surface area contributed by atoms with Crippen LogP contribution in [-0.2, 0) is 35.2 Å². The molecular formula is C19H21ClF6N2O6. The lowest BCUT2D eigenvalue weighted by Crippen LogP contribution is -2.40. The summed E-state index contributed by atoms with van der Waals surface area (Å²) in [5.41, 5.74) is 0.535. The molecule has 1 aromatic heterocycles. The molecule has 0 aliphatic heterocycles. The normalized spacial score (nSPS) is 12.0. The van der Waals surface area contributed by atoms with Crippen LogP contribution in [0.4, 0.5) is 26.3 Å². The summed E-state index contributed by atoms with van der Waals surface area (Å²) < 4.78 is 77.4. The number of halogens is 7. The van der Waals surface area contributed by atoms with Crippen molar-refractivity contribution in [1.82, 2.24) is 9.88 Å². The minimum Gasteiger partial charge on any atom is -0.449 e. The van der Waals surface area contributed by atoms with Gasteiger partial charge in [0.2, 0.25) is 0 Å². The Morgan fingerprint density at radius 1 is 1.00 bits per heavy atom. The number of aromatic nitrogens is 1. The molecule has 0 unspecified atom stereocenters. The molecular weight excluding hydrogens is 502 g/mol. The molecule has 0 aliphatic rings. The van der Waals surface area contributed by atoms with E-state index in [9.17, 15) is 45.5 Å². The van der Waals surface area contributed by atoms with E-state index in [4.69, 9.17) is 0 Å². The molecule has 1 amide bonds. The second-order valence-electron chi connectivity index (χ2n) is 6.68. The molecule has 0 aromatic carbocycles. The van der Waals surface area contributed by atoms with E-state index in [1.165, 1.54) is 6.20 Å². The molecule has 34 heavy (non-hydrogen) atoms. The van der Waals surface area contributed by atoms with Crippen molar-refractivity contribution in [3.05, 3.63) is 30.1 Å². The molecule has 1 heterocycles. The second kappa shape index (κ2) is 14.4. The SMILES string of the molecule is CC[C@H](C)CN(Cc1ccccn1)C(=O)C(=O)OCC(F)(F)F.O=C(Cl)C(=O)OCC(F)(F)F. The summed E-state index contributed by atoms with van der Waals surface area (Å²) in [7, 11) is 0. The van der Waals surface area contributed by atoms with E-state index in [0.717, 1.165) is 11.3 Å². The third kappa shape index (κ3) is 15.0. The largest absolute Gasteiger partial charge is 0.449 e. The summed E-state index contributed by atoms with van der Waals surface area (Å²) in [5.74, 6) is -4.23. The van der Waals surface area contributed by atoms with E-state index < -0.39 is 48.7 Å². The molecule has 1 aromatic rings. The number of nitrogens with zero attached hydrogens (tertiary/aromatic N) is 2. The molecule has 0 radical (unpaired) electrons. The number of carbonyl (C=O) groups excluding carboxylic acids is 4. The fourth-order valence-corrected chi connectivity index (χ4v) is 2.01. The van der Waals surface area contributed by atoms with Crippen LogP contribution in [0.1, 0.15) is 26.0 Å². The van der Waals surface area contributed by atoms with Gasteiger partial charge in [-0.15, -0.1) is 0 Å². The molecule has 192 valence electrons. The van der Waals surface area contributed by atoms with Crippen molar-refractivity contribution in [2.24, 2.45) is 5.92 Å². The maximum absolute atomic E-state index is 12.1. The molecule has 0 saturated carbocycles. The molecule has 1 rings (SSSR count). The minimum absolute atomic E-state index is 0.0329. The van der Waals surface area contributed by atoms with Gasteiger partial charge in [-0.05, 0) is 29.7 Å². The quantitative estimate of drug-likeness (QED) is 0.223. The van der Waals surface area contributed by atoms with E-state index in [2.05, 4.69) is 26.1 Å². The van der Waals surface area contributed by atoms with Gasteiger partial charge in [-0.25, -0.2) is 9.59 Å². The van der Waals surface area contributed by atoms with Crippen LogP contribution >= 0.6 is 11.6 Å². The van der Waals surface area contributed by atoms with Crippen LogP contribution in [0, 0.1) is 5.92 Å². The van der Waals surface area contributed by atoms with Crippen molar-refractivity contribution in [3.8, 4) is 0 Å². The molecule has 0 N–H and O–H groups in total. The molecule has 0 bridgehead atoms.